The third-order valence-corrected chi connectivity index (χ3v) is 2.68. The molecule has 2 aromatic rings. The van der Waals surface area contributed by atoms with Crippen molar-refractivity contribution in [3.8, 4) is 11.1 Å². The Morgan fingerprint density at radius 1 is 1.29 bits per heavy atom. The van der Waals surface area contributed by atoms with Crippen LogP contribution in [0.5, 0.6) is 0 Å². The van der Waals surface area contributed by atoms with Gasteiger partial charge >= 0.3 is 6.09 Å². The summed E-state index contributed by atoms with van der Waals surface area (Å²) in [6.07, 6.45) is 5.04. The molecule has 6 nitrogen and oxygen atoms in total. The zero-order valence-corrected chi connectivity index (χ0v) is 12.8. The second-order valence-corrected chi connectivity index (χ2v) is 5.80. The molecule has 1 amide bonds. The average molecular weight is 288 g/mol. The van der Waals surface area contributed by atoms with Gasteiger partial charge in [-0.1, -0.05) is 6.07 Å². The van der Waals surface area contributed by atoms with Crippen LogP contribution >= 0.6 is 0 Å². The zero-order valence-electron chi connectivity index (χ0n) is 12.8. The SMILES string of the molecule is Cn1cc(-c2ccc(CNC(=O)OC(C)(C)C)nc2)cn1. The second-order valence-electron chi connectivity index (χ2n) is 5.80. The third-order valence-electron chi connectivity index (χ3n) is 2.68. The highest BCUT2D eigenvalue weighted by Crippen LogP contribution is 2.17. The Labute approximate surface area is 124 Å². The number of aromatic nitrogens is 3. The van der Waals surface area contributed by atoms with E-state index in [1.807, 2.05) is 46.1 Å². The van der Waals surface area contributed by atoms with Crippen LogP contribution in [0.3, 0.4) is 0 Å². The molecule has 2 heterocycles. The fourth-order valence-corrected chi connectivity index (χ4v) is 1.75. The van der Waals surface area contributed by atoms with E-state index in [2.05, 4.69) is 15.4 Å². The van der Waals surface area contributed by atoms with Crippen LogP contribution in [0.4, 0.5) is 4.79 Å². The van der Waals surface area contributed by atoms with Crippen molar-refractivity contribution in [2.24, 2.45) is 7.05 Å². The van der Waals surface area contributed by atoms with Crippen LogP contribution in [0.25, 0.3) is 11.1 Å². The van der Waals surface area contributed by atoms with Gasteiger partial charge in [0, 0.05) is 30.6 Å². The van der Waals surface area contributed by atoms with Crippen molar-refractivity contribution in [3.05, 3.63) is 36.4 Å². The van der Waals surface area contributed by atoms with E-state index in [4.69, 9.17) is 4.74 Å². The average Bonchev–Trinajstić information content (AvgIpc) is 2.82. The maximum atomic E-state index is 11.6. The molecular formula is C15H20N4O2. The molecule has 0 aromatic carbocycles. The summed E-state index contributed by atoms with van der Waals surface area (Å²) in [5.74, 6) is 0. The van der Waals surface area contributed by atoms with Crippen molar-refractivity contribution >= 4 is 6.09 Å². The molecule has 21 heavy (non-hydrogen) atoms. The number of carbonyl (C=O) groups excluding carboxylic acids is 1. The van der Waals surface area contributed by atoms with Gasteiger partial charge in [-0.15, -0.1) is 0 Å². The first kappa shape index (κ1) is 15.0. The number of aryl methyl sites for hydroxylation is 1. The molecule has 0 fully saturated rings. The standard InChI is InChI=1S/C15H20N4O2/c1-15(2,3)21-14(20)17-9-13-6-5-11(7-16-13)12-8-18-19(4)10-12/h5-8,10H,9H2,1-4H3,(H,17,20). The number of ether oxygens (including phenoxy) is 1. The number of alkyl carbamates (subject to hydrolysis) is 1. The van der Waals surface area contributed by atoms with Gasteiger partial charge in [-0.3, -0.25) is 9.67 Å². The van der Waals surface area contributed by atoms with Crippen molar-refractivity contribution in [2.75, 3.05) is 0 Å². The Morgan fingerprint density at radius 3 is 2.57 bits per heavy atom. The third kappa shape index (κ3) is 4.59. The summed E-state index contributed by atoms with van der Waals surface area (Å²) in [6, 6.07) is 3.83. The van der Waals surface area contributed by atoms with Crippen LogP contribution in [0, 0.1) is 0 Å². The summed E-state index contributed by atoms with van der Waals surface area (Å²) in [7, 11) is 1.87. The minimum Gasteiger partial charge on any atom is -0.444 e. The topological polar surface area (TPSA) is 69.0 Å². The lowest BCUT2D eigenvalue weighted by Gasteiger charge is -2.19. The first-order chi connectivity index (χ1) is 9.83. The lowest BCUT2D eigenvalue weighted by atomic mass is 10.1. The predicted molar refractivity (Wildman–Crippen MR) is 79.5 cm³/mol. The van der Waals surface area contributed by atoms with Gasteiger partial charge in [0.25, 0.3) is 0 Å². The second kappa shape index (κ2) is 5.95. The van der Waals surface area contributed by atoms with Gasteiger partial charge in [0.2, 0.25) is 0 Å². The lowest BCUT2D eigenvalue weighted by Crippen LogP contribution is -2.32. The van der Waals surface area contributed by atoms with E-state index in [-0.39, 0.29) is 0 Å². The number of nitrogens with zero attached hydrogens (tertiary/aromatic N) is 3. The summed E-state index contributed by atoms with van der Waals surface area (Å²) in [4.78, 5) is 15.9. The quantitative estimate of drug-likeness (QED) is 0.942. The molecule has 2 rings (SSSR count). The maximum Gasteiger partial charge on any atom is 0.407 e. The van der Waals surface area contributed by atoms with E-state index >= 15 is 0 Å². The predicted octanol–water partition coefficient (Wildman–Crippen LogP) is 2.51. The molecule has 112 valence electrons. The molecular weight excluding hydrogens is 268 g/mol. The van der Waals surface area contributed by atoms with Crippen molar-refractivity contribution < 1.29 is 9.53 Å². The normalized spacial score (nSPS) is 11.2. The first-order valence-corrected chi connectivity index (χ1v) is 6.74. The molecule has 6 heteroatoms. The minimum atomic E-state index is -0.498. The largest absolute Gasteiger partial charge is 0.444 e. The van der Waals surface area contributed by atoms with Crippen molar-refractivity contribution in [3.63, 3.8) is 0 Å². The fraction of sp³-hybridized carbons (Fsp3) is 0.400. The van der Waals surface area contributed by atoms with Gasteiger partial charge in [-0.05, 0) is 26.8 Å². The molecule has 2 aromatic heterocycles. The van der Waals surface area contributed by atoms with E-state index in [0.717, 1.165) is 16.8 Å². The summed E-state index contributed by atoms with van der Waals surface area (Å²) in [5.41, 5.74) is 2.27. The lowest BCUT2D eigenvalue weighted by molar-refractivity contribution is 0.0523. The van der Waals surface area contributed by atoms with E-state index in [9.17, 15) is 4.79 Å². The van der Waals surface area contributed by atoms with Crippen molar-refractivity contribution in [1.29, 1.82) is 0 Å². The maximum absolute atomic E-state index is 11.6. The van der Waals surface area contributed by atoms with Gasteiger partial charge in [-0.25, -0.2) is 4.79 Å². The molecule has 0 bridgehead atoms. The number of rotatable bonds is 3. The van der Waals surface area contributed by atoms with E-state index in [0.29, 0.717) is 6.54 Å². The van der Waals surface area contributed by atoms with Crippen LogP contribution < -0.4 is 5.32 Å². The summed E-state index contributed by atoms with van der Waals surface area (Å²) in [6.45, 7) is 5.82. The van der Waals surface area contributed by atoms with Crippen LogP contribution in [-0.2, 0) is 18.3 Å². The Hall–Kier alpha value is -2.37. The monoisotopic (exact) mass is 288 g/mol. The smallest absolute Gasteiger partial charge is 0.407 e. The van der Waals surface area contributed by atoms with Gasteiger partial charge in [-0.2, -0.15) is 5.10 Å². The molecule has 0 aliphatic rings. The number of nitrogens with one attached hydrogen (secondary N) is 1. The molecule has 1 N–H and O–H groups in total. The molecule has 0 saturated carbocycles. The molecule has 0 atom stereocenters. The number of amides is 1. The Bertz CT molecular complexity index is 611. The highest BCUT2D eigenvalue weighted by atomic mass is 16.6. The first-order valence-electron chi connectivity index (χ1n) is 6.74. The van der Waals surface area contributed by atoms with Crippen LogP contribution in [-0.4, -0.2) is 26.5 Å². The highest BCUT2D eigenvalue weighted by Gasteiger charge is 2.15. The van der Waals surface area contributed by atoms with Crippen molar-refractivity contribution in [1.82, 2.24) is 20.1 Å². The molecule has 0 radical (unpaired) electrons. The van der Waals surface area contributed by atoms with Gasteiger partial charge < -0.3 is 10.1 Å². The van der Waals surface area contributed by atoms with Crippen LogP contribution in [0.1, 0.15) is 26.5 Å². The molecule has 0 aliphatic heterocycles. The van der Waals surface area contributed by atoms with E-state index in [1.54, 1.807) is 17.1 Å². The van der Waals surface area contributed by atoms with E-state index < -0.39 is 11.7 Å². The number of carbonyl (C=O) groups is 1. The number of hydrogen-bond donors (Lipinski definition) is 1. The van der Waals surface area contributed by atoms with Crippen molar-refractivity contribution in [2.45, 2.75) is 32.9 Å². The fourth-order valence-electron chi connectivity index (χ4n) is 1.75. The van der Waals surface area contributed by atoms with Gasteiger partial charge in [0.1, 0.15) is 5.60 Å². The summed E-state index contributed by atoms with van der Waals surface area (Å²) < 4.78 is 6.91. The van der Waals surface area contributed by atoms with E-state index in [1.165, 1.54) is 0 Å². The van der Waals surface area contributed by atoms with Crippen LogP contribution in [0.15, 0.2) is 30.7 Å². The zero-order chi connectivity index (χ0) is 15.5. The number of pyridine rings is 1. The molecule has 0 spiro atoms. The molecule has 0 unspecified atom stereocenters. The Kier molecular flexibility index (Phi) is 4.26. The molecule has 0 aliphatic carbocycles. The van der Waals surface area contributed by atoms with Gasteiger partial charge in [0.05, 0.1) is 18.4 Å². The van der Waals surface area contributed by atoms with Gasteiger partial charge in [0.15, 0.2) is 0 Å². The highest BCUT2D eigenvalue weighted by molar-refractivity contribution is 5.67. The number of hydrogen-bond acceptors (Lipinski definition) is 4. The summed E-state index contributed by atoms with van der Waals surface area (Å²) >= 11 is 0. The molecule has 0 saturated heterocycles. The minimum absolute atomic E-state index is 0.336. The Balaban J connectivity index is 1.92. The van der Waals surface area contributed by atoms with Crippen LogP contribution in [0.2, 0.25) is 0 Å². The Morgan fingerprint density at radius 2 is 2.05 bits per heavy atom. The summed E-state index contributed by atoms with van der Waals surface area (Å²) in [5, 5.41) is 6.80.